The summed E-state index contributed by atoms with van der Waals surface area (Å²) < 4.78 is 1.11. The first kappa shape index (κ1) is 15.0. The molecule has 21 heavy (non-hydrogen) atoms. The molecule has 0 bridgehead atoms. The summed E-state index contributed by atoms with van der Waals surface area (Å²) in [6, 6.07) is 8.64. The van der Waals surface area contributed by atoms with Crippen LogP contribution >= 0.6 is 15.9 Å². The van der Waals surface area contributed by atoms with Crippen molar-refractivity contribution in [3.05, 3.63) is 34.3 Å². The van der Waals surface area contributed by atoms with E-state index in [0.29, 0.717) is 0 Å². The maximum Gasteiger partial charge on any atom is 0.237 e. The minimum Gasteiger partial charge on any atom is -0.354 e. The monoisotopic (exact) mass is 350 g/mol. The first-order valence-electron chi connectivity index (χ1n) is 7.97. The highest BCUT2D eigenvalue weighted by atomic mass is 79.9. The van der Waals surface area contributed by atoms with E-state index in [2.05, 4.69) is 50.8 Å². The SMILES string of the molecule is O=C(NCC1(c2ccc(Br)cc2)CCCC1)C1CCCN1. The number of benzene rings is 1. The smallest absolute Gasteiger partial charge is 0.237 e. The minimum absolute atomic E-state index is 0.0216. The number of carbonyl (C=O) groups excluding carboxylic acids is 1. The molecule has 1 saturated heterocycles. The van der Waals surface area contributed by atoms with E-state index in [1.54, 1.807) is 0 Å². The van der Waals surface area contributed by atoms with Crippen LogP contribution in [0.2, 0.25) is 0 Å². The van der Waals surface area contributed by atoms with E-state index in [1.165, 1.54) is 31.2 Å². The first-order valence-corrected chi connectivity index (χ1v) is 8.76. The fourth-order valence-electron chi connectivity index (χ4n) is 3.71. The zero-order valence-electron chi connectivity index (χ0n) is 12.3. The predicted octanol–water partition coefficient (Wildman–Crippen LogP) is 3.13. The molecular weight excluding hydrogens is 328 g/mol. The van der Waals surface area contributed by atoms with Gasteiger partial charge in [-0.3, -0.25) is 4.79 Å². The third-order valence-electron chi connectivity index (χ3n) is 5.00. The highest BCUT2D eigenvalue weighted by Crippen LogP contribution is 2.41. The third-order valence-corrected chi connectivity index (χ3v) is 5.52. The molecule has 1 aromatic rings. The van der Waals surface area contributed by atoms with Gasteiger partial charge in [0.15, 0.2) is 0 Å². The van der Waals surface area contributed by atoms with Crippen molar-refractivity contribution in [2.75, 3.05) is 13.1 Å². The molecule has 2 N–H and O–H groups in total. The van der Waals surface area contributed by atoms with Crippen LogP contribution < -0.4 is 10.6 Å². The highest BCUT2D eigenvalue weighted by molar-refractivity contribution is 9.10. The van der Waals surface area contributed by atoms with Crippen molar-refractivity contribution in [1.29, 1.82) is 0 Å². The largest absolute Gasteiger partial charge is 0.354 e. The van der Waals surface area contributed by atoms with Crippen LogP contribution in [-0.2, 0) is 10.2 Å². The Bertz CT molecular complexity index is 488. The normalized spacial score (nSPS) is 24.1. The fraction of sp³-hybridized carbons (Fsp3) is 0.588. The second-order valence-electron chi connectivity index (χ2n) is 6.36. The third kappa shape index (κ3) is 3.32. The summed E-state index contributed by atoms with van der Waals surface area (Å²) in [7, 11) is 0. The lowest BCUT2D eigenvalue weighted by molar-refractivity contribution is -0.123. The molecular formula is C17H23BrN2O. The number of amides is 1. The minimum atomic E-state index is 0.0216. The maximum absolute atomic E-state index is 12.2. The standard InChI is InChI=1S/C17H23BrN2O/c18-14-7-5-13(6-8-14)17(9-1-2-10-17)12-20-16(21)15-4-3-11-19-15/h5-8,15,19H,1-4,9-12H2,(H,20,21). The van der Waals surface area contributed by atoms with E-state index >= 15 is 0 Å². The summed E-state index contributed by atoms with van der Waals surface area (Å²) in [5.74, 6) is 0.177. The Morgan fingerprint density at radius 3 is 2.57 bits per heavy atom. The number of halogens is 1. The van der Waals surface area contributed by atoms with Crippen LogP contribution in [0.25, 0.3) is 0 Å². The highest BCUT2D eigenvalue weighted by Gasteiger charge is 2.36. The van der Waals surface area contributed by atoms with E-state index < -0.39 is 0 Å². The lowest BCUT2D eigenvalue weighted by Crippen LogP contribution is -2.46. The summed E-state index contributed by atoms with van der Waals surface area (Å²) in [4.78, 5) is 12.2. The van der Waals surface area contributed by atoms with Gasteiger partial charge in [-0.1, -0.05) is 40.9 Å². The van der Waals surface area contributed by atoms with Gasteiger partial charge in [0, 0.05) is 16.4 Å². The average molecular weight is 351 g/mol. The van der Waals surface area contributed by atoms with Gasteiger partial charge >= 0.3 is 0 Å². The predicted molar refractivity (Wildman–Crippen MR) is 88.3 cm³/mol. The molecule has 2 aliphatic rings. The number of rotatable bonds is 4. The number of hydrogen-bond acceptors (Lipinski definition) is 2. The van der Waals surface area contributed by atoms with Crippen LogP contribution in [0.1, 0.15) is 44.1 Å². The summed E-state index contributed by atoms with van der Waals surface area (Å²) in [6.45, 7) is 1.74. The number of carbonyl (C=O) groups is 1. The Hall–Kier alpha value is -0.870. The van der Waals surface area contributed by atoms with Crippen LogP contribution in [-0.4, -0.2) is 25.0 Å². The molecule has 1 unspecified atom stereocenters. The molecule has 1 aliphatic carbocycles. The number of hydrogen-bond donors (Lipinski definition) is 2. The second kappa shape index (κ2) is 6.49. The molecule has 4 heteroatoms. The van der Waals surface area contributed by atoms with Gasteiger partial charge in [0.1, 0.15) is 0 Å². The zero-order chi connectivity index (χ0) is 14.7. The molecule has 0 spiro atoms. The molecule has 1 heterocycles. The van der Waals surface area contributed by atoms with Crippen molar-refractivity contribution in [2.24, 2.45) is 0 Å². The topological polar surface area (TPSA) is 41.1 Å². The van der Waals surface area contributed by atoms with Crippen molar-refractivity contribution in [3.8, 4) is 0 Å². The molecule has 2 fully saturated rings. The van der Waals surface area contributed by atoms with E-state index in [9.17, 15) is 4.79 Å². The summed E-state index contributed by atoms with van der Waals surface area (Å²) in [5, 5.41) is 6.48. The Morgan fingerprint density at radius 1 is 1.24 bits per heavy atom. The second-order valence-corrected chi connectivity index (χ2v) is 7.28. The van der Waals surface area contributed by atoms with Crippen LogP contribution in [0, 0.1) is 0 Å². The summed E-state index contributed by atoms with van der Waals surface area (Å²) in [6.07, 6.45) is 6.94. The van der Waals surface area contributed by atoms with Crippen molar-refractivity contribution < 1.29 is 4.79 Å². The molecule has 114 valence electrons. The maximum atomic E-state index is 12.2. The molecule has 1 saturated carbocycles. The van der Waals surface area contributed by atoms with Crippen molar-refractivity contribution in [3.63, 3.8) is 0 Å². The van der Waals surface area contributed by atoms with Gasteiger partial charge in [0.2, 0.25) is 5.91 Å². The van der Waals surface area contributed by atoms with Crippen molar-refractivity contribution in [1.82, 2.24) is 10.6 Å². The Morgan fingerprint density at radius 2 is 1.95 bits per heavy atom. The van der Waals surface area contributed by atoms with Gasteiger partial charge in [-0.15, -0.1) is 0 Å². The Balaban J connectivity index is 1.69. The van der Waals surface area contributed by atoms with Crippen LogP contribution in [0.15, 0.2) is 28.7 Å². The Kier molecular flexibility index (Phi) is 4.65. The van der Waals surface area contributed by atoms with Crippen LogP contribution in [0.5, 0.6) is 0 Å². The van der Waals surface area contributed by atoms with Gasteiger partial charge in [0.05, 0.1) is 6.04 Å². The molecule has 1 amide bonds. The van der Waals surface area contributed by atoms with Gasteiger partial charge in [-0.2, -0.15) is 0 Å². The molecule has 1 atom stereocenters. The van der Waals surface area contributed by atoms with E-state index in [1.807, 2.05) is 0 Å². The lowest BCUT2D eigenvalue weighted by Gasteiger charge is -2.30. The van der Waals surface area contributed by atoms with E-state index in [-0.39, 0.29) is 17.4 Å². The van der Waals surface area contributed by atoms with Gasteiger partial charge < -0.3 is 10.6 Å². The molecule has 1 aromatic carbocycles. The lowest BCUT2D eigenvalue weighted by atomic mass is 9.79. The zero-order valence-corrected chi connectivity index (χ0v) is 13.9. The van der Waals surface area contributed by atoms with Crippen LogP contribution in [0.4, 0.5) is 0 Å². The summed E-state index contributed by atoms with van der Waals surface area (Å²) >= 11 is 3.50. The quantitative estimate of drug-likeness (QED) is 0.875. The van der Waals surface area contributed by atoms with Gasteiger partial charge in [-0.05, 0) is 49.9 Å². The molecule has 3 rings (SSSR count). The van der Waals surface area contributed by atoms with Crippen molar-refractivity contribution >= 4 is 21.8 Å². The number of nitrogens with one attached hydrogen (secondary N) is 2. The van der Waals surface area contributed by atoms with Crippen molar-refractivity contribution in [2.45, 2.75) is 50.0 Å². The fourth-order valence-corrected chi connectivity index (χ4v) is 3.97. The molecule has 1 aliphatic heterocycles. The average Bonchev–Trinajstić information content (AvgIpc) is 3.18. The van der Waals surface area contributed by atoms with Crippen LogP contribution in [0.3, 0.4) is 0 Å². The summed E-state index contributed by atoms with van der Waals surface area (Å²) in [5.41, 5.74) is 1.50. The molecule has 3 nitrogen and oxygen atoms in total. The van der Waals surface area contributed by atoms with E-state index in [0.717, 1.165) is 30.4 Å². The van der Waals surface area contributed by atoms with E-state index in [4.69, 9.17) is 0 Å². The Labute approximate surface area is 135 Å². The first-order chi connectivity index (χ1) is 10.2. The van der Waals surface area contributed by atoms with Gasteiger partial charge in [-0.25, -0.2) is 0 Å². The van der Waals surface area contributed by atoms with Gasteiger partial charge in [0.25, 0.3) is 0 Å². The molecule has 0 radical (unpaired) electrons. The molecule has 0 aromatic heterocycles.